The Labute approximate surface area is 189 Å². The molecule has 2 N–H and O–H groups in total. The van der Waals surface area contributed by atoms with Crippen molar-refractivity contribution < 1.29 is 19.4 Å². The van der Waals surface area contributed by atoms with Gasteiger partial charge in [0.05, 0.1) is 24.0 Å². The fraction of sp³-hybridized carbons (Fsp3) is 0.826. The summed E-state index contributed by atoms with van der Waals surface area (Å²) >= 11 is 0. The number of ether oxygens (including phenoxy) is 1. The van der Waals surface area contributed by atoms with Gasteiger partial charge >= 0.3 is 0 Å². The molecule has 3 fully saturated rings. The normalized spacial score (nSPS) is 29.2. The molecule has 4 rings (SSSR count). The van der Waals surface area contributed by atoms with Crippen LogP contribution in [0.3, 0.4) is 0 Å². The lowest BCUT2D eigenvalue weighted by atomic mass is 9.85. The molecule has 1 saturated heterocycles. The smallest absolute Gasteiger partial charge is 0.248 e. The van der Waals surface area contributed by atoms with Crippen LogP contribution in [0, 0.1) is 5.41 Å². The lowest BCUT2D eigenvalue weighted by molar-refractivity contribution is -0.145. The van der Waals surface area contributed by atoms with Crippen molar-refractivity contribution >= 4 is 11.8 Å². The number of likely N-dealkylation sites (tertiary alicyclic amines) is 1. The van der Waals surface area contributed by atoms with E-state index in [9.17, 15) is 14.7 Å². The molecule has 1 aromatic rings. The minimum Gasteiger partial charge on any atom is -0.391 e. The Morgan fingerprint density at radius 1 is 1.22 bits per heavy atom. The van der Waals surface area contributed by atoms with E-state index in [1.807, 2.05) is 40.8 Å². The third-order valence-corrected chi connectivity index (χ3v) is 6.61. The first kappa shape index (κ1) is 23.2. The lowest BCUT2D eigenvalue weighted by Gasteiger charge is -2.38. The van der Waals surface area contributed by atoms with Crippen molar-refractivity contribution in [1.82, 2.24) is 25.2 Å². The molecule has 0 radical (unpaired) electrons. The largest absolute Gasteiger partial charge is 0.391 e. The Balaban J connectivity index is 1.45. The van der Waals surface area contributed by atoms with E-state index in [1.54, 1.807) is 4.68 Å². The predicted octanol–water partition coefficient (Wildman–Crippen LogP) is 1.78. The summed E-state index contributed by atoms with van der Waals surface area (Å²) in [6, 6.07) is -1.23. The molecule has 9 heteroatoms. The topological polar surface area (TPSA) is 110 Å². The van der Waals surface area contributed by atoms with Crippen molar-refractivity contribution in [2.45, 2.75) is 109 Å². The summed E-state index contributed by atoms with van der Waals surface area (Å²) < 4.78 is 7.42. The van der Waals surface area contributed by atoms with E-state index in [4.69, 9.17) is 4.74 Å². The Hall–Kier alpha value is -2.00. The number of hydrogen-bond donors (Lipinski definition) is 2. The average molecular weight is 448 g/mol. The number of nitrogens with zero attached hydrogens (tertiary/aromatic N) is 4. The molecular weight excluding hydrogens is 410 g/mol. The molecule has 2 amide bonds. The van der Waals surface area contributed by atoms with Gasteiger partial charge in [0, 0.05) is 31.1 Å². The highest BCUT2D eigenvalue weighted by molar-refractivity contribution is 5.90. The van der Waals surface area contributed by atoms with Gasteiger partial charge in [-0.15, -0.1) is 5.10 Å². The van der Waals surface area contributed by atoms with Crippen LogP contribution < -0.4 is 5.32 Å². The first-order chi connectivity index (χ1) is 15.0. The second kappa shape index (κ2) is 8.74. The molecule has 3 aliphatic rings. The molecule has 32 heavy (non-hydrogen) atoms. The molecule has 0 spiro atoms. The van der Waals surface area contributed by atoms with Crippen LogP contribution in [0.15, 0.2) is 6.20 Å². The zero-order valence-electron chi connectivity index (χ0n) is 19.8. The fourth-order valence-corrected chi connectivity index (χ4v) is 4.80. The third kappa shape index (κ3) is 4.98. The molecule has 3 atom stereocenters. The summed E-state index contributed by atoms with van der Waals surface area (Å²) in [7, 11) is 0. The van der Waals surface area contributed by atoms with Crippen LogP contribution in [0.2, 0.25) is 0 Å². The average Bonchev–Trinajstić information content (AvgIpc) is 3.26. The van der Waals surface area contributed by atoms with Crippen molar-refractivity contribution in [3.63, 3.8) is 0 Å². The Morgan fingerprint density at radius 3 is 2.50 bits per heavy atom. The van der Waals surface area contributed by atoms with Crippen LogP contribution in [0.5, 0.6) is 0 Å². The SMILES string of the molecule is CC(C)OC1CC(NC(=O)[C@@H]2C[C@@H](O)CN2C(=O)[C@@H](n2cc(C3CC3)nn2)C(C)(C)C)C1. The Kier molecular flexibility index (Phi) is 6.33. The molecule has 1 aliphatic heterocycles. The first-order valence-corrected chi connectivity index (χ1v) is 11.9. The van der Waals surface area contributed by atoms with Gasteiger partial charge in [-0.3, -0.25) is 9.59 Å². The number of nitrogens with one attached hydrogen (secondary N) is 1. The van der Waals surface area contributed by atoms with Crippen molar-refractivity contribution in [1.29, 1.82) is 0 Å². The summed E-state index contributed by atoms with van der Waals surface area (Å²) in [5.41, 5.74) is 0.487. The molecule has 2 heterocycles. The van der Waals surface area contributed by atoms with Gasteiger partial charge < -0.3 is 20.1 Å². The van der Waals surface area contributed by atoms with Crippen LogP contribution in [0.4, 0.5) is 0 Å². The maximum Gasteiger partial charge on any atom is 0.248 e. The molecule has 2 saturated carbocycles. The quantitative estimate of drug-likeness (QED) is 0.659. The maximum absolute atomic E-state index is 13.7. The highest BCUT2D eigenvalue weighted by Crippen LogP contribution is 2.40. The number of hydrogen-bond acceptors (Lipinski definition) is 6. The van der Waals surface area contributed by atoms with E-state index >= 15 is 0 Å². The van der Waals surface area contributed by atoms with Crippen LogP contribution in [-0.4, -0.2) is 73.8 Å². The van der Waals surface area contributed by atoms with Crippen molar-refractivity contribution in [3.8, 4) is 0 Å². The molecule has 0 bridgehead atoms. The van der Waals surface area contributed by atoms with Crippen LogP contribution in [0.1, 0.15) is 84.4 Å². The standard InChI is InChI=1S/C23H37N5O4/c1-13(2)32-17-8-15(9-17)24-21(30)19-10-16(29)11-27(19)22(31)20(23(3,4)5)28-12-18(25-26-28)14-6-7-14/h12-17,19-20,29H,6-11H2,1-5H3,(H,24,30)/t15?,16-,17?,19+,20-/m1/s1. The number of aliphatic hydroxyl groups excluding tert-OH is 1. The number of rotatable bonds is 7. The number of aliphatic hydroxyl groups is 1. The molecule has 2 aliphatic carbocycles. The highest BCUT2D eigenvalue weighted by Gasteiger charge is 2.46. The van der Waals surface area contributed by atoms with E-state index < -0.39 is 23.6 Å². The number of carbonyl (C=O) groups excluding carboxylic acids is 2. The van der Waals surface area contributed by atoms with Gasteiger partial charge in [-0.1, -0.05) is 26.0 Å². The second-order valence-corrected chi connectivity index (χ2v) is 11.0. The summed E-state index contributed by atoms with van der Waals surface area (Å²) in [5.74, 6) is 0.0430. The molecule has 1 aromatic heterocycles. The Bertz CT molecular complexity index is 838. The van der Waals surface area contributed by atoms with E-state index in [-0.39, 0.29) is 43.0 Å². The van der Waals surface area contributed by atoms with E-state index in [0.29, 0.717) is 5.92 Å². The van der Waals surface area contributed by atoms with Gasteiger partial charge in [0.25, 0.3) is 0 Å². The number of aromatic nitrogens is 3. The minimum absolute atomic E-state index is 0.0516. The van der Waals surface area contributed by atoms with E-state index in [0.717, 1.165) is 31.4 Å². The van der Waals surface area contributed by atoms with Crippen LogP contribution >= 0.6 is 0 Å². The van der Waals surface area contributed by atoms with Crippen molar-refractivity contribution in [2.75, 3.05) is 6.54 Å². The zero-order valence-corrected chi connectivity index (χ0v) is 19.8. The van der Waals surface area contributed by atoms with Gasteiger partial charge in [-0.25, -0.2) is 4.68 Å². The van der Waals surface area contributed by atoms with Gasteiger partial charge in [-0.2, -0.15) is 0 Å². The monoisotopic (exact) mass is 447 g/mol. The summed E-state index contributed by atoms with van der Waals surface area (Å²) in [6.45, 7) is 10.1. The fourth-order valence-electron chi connectivity index (χ4n) is 4.80. The van der Waals surface area contributed by atoms with Gasteiger partial charge in [0.2, 0.25) is 11.8 Å². The number of amides is 2. The summed E-state index contributed by atoms with van der Waals surface area (Å²) in [6.07, 6.45) is 5.52. The molecule has 178 valence electrons. The highest BCUT2D eigenvalue weighted by atomic mass is 16.5. The first-order valence-electron chi connectivity index (χ1n) is 11.9. The van der Waals surface area contributed by atoms with Crippen LogP contribution in [0.25, 0.3) is 0 Å². The van der Waals surface area contributed by atoms with E-state index in [2.05, 4.69) is 15.6 Å². The molecule has 9 nitrogen and oxygen atoms in total. The Morgan fingerprint density at radius 2 is 1.91 bits per heavy atom. The van der Waals surface area contributed by atoms with Crippen molar-refractivity contribution in [3.05, 3.63) is 11.9 Å². The minimum atomic E-state index is -0.716. The van der Waals surface area contributed by atoms with Crippen LogP contribution in [-0.2, 0) is 14.3 Å². The van der Waals surface area contributed by atoms with Gasteiger partial charge in [-0.05, 0) is 44.9 Å². The molecular formula is C23H37N5O4. The number of carbonyl (C=O) groups is 2. The molecule has 0 unspecified atom stereocenters. The summed E-state index contributed by atoms with van der Waals surface area (Å²) in [5, 5.41) is 21.9. The predicted molar refractivity (Wildman–Crippen MR) is 118 cm³/mol. The third-order valence-electron chi connectivity index (χ3n) is 6.61. The van der Waals surface area contributed by atoms with E-state index in [1.165, 1.54) is 4.90 Å². The number of β-amino-alcohol motifs (C(OH)–C–C–N with tert-alkyl or cyclic N) is 1. The lowest BCUT2D eigenvalue weighted by Crippen LogP contribution is -2.55. The second-order valence-electron chi connectivity index (χ2n) is 11.0. The van der Waals surface area contributed by atoms with Crippen molar-refractivity contribution in [2.24, 2.45) is 5.41 Å². The summed E-state index contributed by atoms with van der Waals surface area (Å²) in [4.78, 5) is 28.3. The zero-order chi connectivity index (χ0) is 23.2. The van der Waals surface area contributed by atoms with Gasteiger partial charge in [0.15, 0.2) is 0 Å². The van der Waals surface area contributed by atoms with Gasteiger partial charge in [0.1, 0.15) is 12.1 Å². The molecule has 0 aromatic carbocycles. The maximum atomic E-state index is 13.7.